The lowest BCUT2D eigenvalue weighted by molar-refractivity contribution is -0.808. The van der Waals surface area contributed by atoms with Crippen molar-refractivity contribution >= 4 is 11.8 Å². The number of carbonyl (C=O) groups excluding carboxylic acids is 1. The van der Waals surface area contributed by atoms with Gasteiger partial charge in [-0.15, -0.1) is 0 Å². The Labute approximate surface area is 191 Å². The summed E-state index contributed by atoms with van der Waals surface area (Å²) >= 11 is 0. The number of rotatable bonds is 20. The molecule has 5 heteroatoms. The lowest BCUT2D eigenvalue weighted by atomic mass is 10.0. The molecule has 1 aliphatic heterocycles. The third-order valence-electron chi connectivity index (χ3n) is 6.32. The summed E-state index contributed by atoms with van der Waals surface area (Å²) in [4.78, 5) is 15.6. The quantitative estimate of drug-likeness (QED) is 0.155. The molecule has 0 aromatic carbocycles. The molecule has 1 rings (SSSR count). The van der Waals surface area contributed by atoms with E-state index < -0.39 is 5.97 Å². The van der Waals surface area contributed by atoms with Crippen LogP contribution in [0.1, 0.15) is 117 Å². The average molecular weight is 434 g/mol. The summed E-state index contributed by atoms with van der Waals surface area (Å²) in [6.07, 6.45) is 28.0. The van der Waals surface area contributed by atoms with Gasteiger partial charge in [-0.25, -0.2) is 9.48 Å². The van der Waals surface area contributed by atoms with E-state index >= 15 is 0 Å². The Morgan fingerprint density at radius 3 is 2.00 bits per heavy atom. The summed E-state index contributed by atoms with van der Waals surface area (Å²) in [7, 11) is 0. The van der Waals surface area contributed by atoms with E-state index in [0.29, 0.717) is 0 Å². The third-order valence-corrected chi connectivity index (χ3v) is 6.32. The maximum absolute atomic E-state index is 11.2. The van der Waals surface area contributed by atoms with Gasteiger partial charge in [0.1, 0.15) is 18.9 Å². The van der Waals surface area contributed by atoms with Gasteiger partial charge in [0, 0.05) is 13.3 Å². The number of aliphatic imine (C=N–C) groups is 1. The highest BCUT2D eigenvalue weighted by molar-refractivity contribution is 5.81. The first-order chi connectivity index (χ1) is 15.0. The second kappa shape index (κ2) is 17.1. The molecule has 0 saturated heterocycles. The fraction of sp³-hybridized carbons (Fsp3) is 0.769. The van der Waals surface area contributed by atoms with Gasteiger partial charge in [-0.3, -0.25) is 5.73 Å². The van der Waals surface area contributed by atoms with E-state index in [9.17, 15) is 9.90 Å². The van der Waals surface area contributed by atoms with Crippen molar-refractivity contribution in [3.63, 3.8) is 0 Å². The van der Waals surface area contributed by atoms with E-state index in [2.05, 4.69) is 24.1 Å². The third kappa shape index (κ3) is 11.6. The molecule has 1 heterocycles. The van der Waals surface area contributed by atoms with Crippen molar-refractivity contribution in [2.24, 2.45) is 10.7 Å². The molecule has 5 nitrogen and oxygen atoms in total. The summed E-state index contributed by atoms with van der Waals surface area (Å²) in [5.74, 6) is -0.232. The van der Waals surface area contributed by atoms with Gasteiger partial charge in [-0.1, -0.05) is 83.3 Å². The molecule has 0 amide bonds. The smallest absolute Gasteiger partial charge is 0.209 e. The molecule has 2 unspecified atom stereocenters. The number of carboxylic acids is 1. The summed E-state index contributed by atoms with van der Waals surface area (Å²) < 4.78 is 0.108. The molecule has 0 aliphatic carbocycles. The van der Waals surface area contributed by atoms with Crippen molar-refractivity contribution in [1.29, 1.82) is 0 Å². The molecule has 0 radical (unpaired) electrons. The average Bonchev–Trinajstić information content (AvgIpc) is 3.13. The van der Waals surface area contributed by atoms with Gasteiger partial charge in [0.2, 0.25) is 5.84 Å². The van der Waals surface area contributed by atoms with Crippen LogP contribution in [0.15, 0.2) is 29.5 Å². The summed E-state index contributed by atoms with van der Waals surface area (Å²) in [5.41, 5.74) is 6.08. The van der Waals surface area contributed by atoms with Crippen LogP contribution in [-0.2, 0) is 4.79 Å². The molecular formula is C26H47N3O2. The van der Waals surface area contributed by atoms with Crippen LogP contribution in [-0.4, -0.2) is 29.0 Å². The first-order valence-corrected chi connectivity index (χ1v) is 12.8. The predicted octanol–water partition coefficient (Wildman–Crippen LogP) is 5.56. The number of nitrogens with zero attached hydrogens (tertiary/aromatic N) is 2. The van der Waals surface area contributed by atoms with Crippen LogP contribution in [0, 0.1) is 0 Å². The molecule has 1 aliphatic rings. The van der Waals surface area contributed by atoms with Gasteiger partial charge in [0.05, 0.1) is 12.2 Å². The number of amidine groups is 1. The predicted molar refractivity (Wildman–Crippen MR) is 129 cm³/mol. The second-order valence-corrected chi connectivity index (χ2v) is 9.09. The molecule has 0 aromatic heterocycles. The van der Waals surface area contributed by atoms with Crippen molar-refractivity contribution in [1.82, 2.24) is 0 Å². The van der Waals surface area contributed by atoms with Gasteiger partial charge in [-0.05, 0) is 32.1 Å². The van der Waals surface area contributed by atoms with Crippen molar-refractivity contribution in [3.8, 4) is 0 Å². The van der Waals surface area contributed by atoms with Crippen LogP contribution < -0.4 is 10.8 Å². The van der Waals surface area contributed by atoms with Crippen molar-refractivity contribution in [3.05, 3.63) is 24.6 Å². The lowest BCUT2D eigenvalue weighted by Crippen LogP contribution is -2.60. The number of carboxylic acid groups (broad SMARTS) is 1. The Kier molecular flexibility index (Phi) is 15.2. The van der Waals surface area contributed by atoms with Crippen LogP contribution in [0.25, 0.3) is 0 Å². The summed E-state index contributed by atoms with van der Waals surface area (Å²) in [5, 5.41) is 11.2. The highest BCUT2D eigenvalue weighted by Gasteiger charge is 2.38. The number of quaternary nitrogens is 1. The summed E-state index contributed by atoms with van der Waals surface area (Å²) in [6.45, 7) is 3.96. The summed E-state index contributed by atoms with van der Waals surface area (Å²) in [6, 6.07) is 0. The van der Waals surface area contributed by atoms with Crippen LogP contribution >= 0.6 is 0 Å². The van der Waals surface area contributed by atoms with Crippen LogP contribution in [0.4, 0.5) is 0 Å². The normalized spacial score (nSPS) is 19.3. The largest absolute Gasteiger partial charge is 0.544 e. The minimum atomic E-state index is -1.09. The van der Waals surface area contributed by atoms with Gasteiger partial charge in [-0.2, -0.15) is 0 Å². The van der Waals surface area contributed by atoms with E-state index in [1.54, 1.807) is 12.4 Å². The number of carbonyl (C=O) groups is 1. The molecule has 2 atom stereocenters. The maximum atomic E-state index is 11.2. The van der Waals surface area contributed by atoms with Crippen LogP contribution in [0.5, 0.6) is 0 Å². The minimum absolute atomic E-state index is 0.108. The monoisotopic (exact) mass is 433 g/mol. The lowest BCUT2D eigenvalue weighted by Gasteiger charge is -2.36. The molecule has 2 N–H and O–H groups in total. The molecule has 0 aromatic rings. The first-order valence-electron chi connectivity index (χ1n) is 12.8. The number of aliphatic carboxylic acids is 1. The van der Waals surface area contributed by atoms with E-state index in [1.165, 1.54) is 83.5 Å². The SMILES string of the molecule is CCCCCC/C=C/CCCCCCCCCCCC1=NC=C[N+]1(CC(=O)[O-])C(C)N. The zero-order chi connectivity index (χ0) is 22.8. The number of allylic oxidation sites excluding steroid dienone is 2. The van der Waals surface area contributed by atoms with E-state index in [1.807, 2.05) is 6.92 Å². The first kappa shape index (κ1) is 27.6. The second-order valence-electron chi connectivity index (χ2n) is 9.09. The molecule has 31 heavy (non-hydrogen) atoms. The Balaban J connectivity index is 1.98. The fourth-order valence-electron chi connectivity index (χ4n) is 4.28. The molecule has 178 valence electrons. The van der Waals surface area contributed by atoms with Crippen LogP contribution in [0.2, 0.25) is 0 Å². The number of nitrogens with two attached hydrogens (primary N) is 1. The zero-order valence-electron chi connectivity index (χ0n) is 20.2. The van der Waals surface area contributed by atoms with Gasteiger partial charge < -0.3 is 9.90 Å². The van der Waals surface area contributed by atoms with Gasteiger partial charge in [0.25, 0.3) is 0 Å². The van der Waals surface area contributed by atoms with E-state index in [-0.39, 0.29) is 17.2 Å². The van der Waals surface area contributed by atoms with Crippen LogP contribution in [0.3, 0.4) is 0 Å². The van der Waals surface area contributed by atoms with E-state index in [4.69, 9.17) is 5.73 Å². The fourth-order valence-corrected chi connectivity index (χ4v) is 4.28. The number of hydrogen-bond acceptors (Lipinski definition) is 4. The zero-order valence-corrected chi connectivity index (χ0v) is 20.2. The van der Waals surface area contributed by atoms with Gasteiger partial charge >= 0.3 is 0 Å². The Morgan fingerprint density at radius 2 is 1.48 bits per heavy atom. The van der Waals surface area contributed by atoms with E-state index in [0.717, 1.165) is 25.1 Å². The topological polar surface area (TPSA) is 78.5 Å². The van der Waals surface area contributed by atoms with Crippen molar-refractivity contribution < 1.29 is 14.4 Å². The molecule has 0 saturated carbocycles. The molecule has 0 fully saturated rings. The number of unbranched alkanes of at least 4 members (excludes halogenated alkanes) is 13. The van der Waals surface area contributed by atoms with Gasteiger partial charge in [0.15, 0.2) is 0 Å². The van der Waals surface area contributed by atoms with Crippen molar-refractivity contribution in [2.45, 2.75) is 123 Å². The maximum Gasteiger partial charge on any atom is 0.209 e. The minimum Gasteiger partial charge on any atom is -0.544 e. The molecular weight excluding hydrogens is 386 g/mol. The Morgan fingerprint density at radius 1 is 0.968 bits per heavy atom. The van der Waals surface area contributed by atoms with Crippen molar-refractivity contribution in [2.75, 3.05) is 6.54 Å². The molecule has 0 bridgehead atoms. The Bertz CT molecular complexity index is 569. The highest BCUT2D eigenvalue weighted by Crippen LogP contribution is 2.23. The number of hydrogen-bond donors (Lipinski definition) is 1. The highest BCUT2D eigenvalue weighted by atomic mass is 16.4. The Hall–Kier alpha value is -1.46. The molecule has 0 spiro atoms. The standard InChI is InChI=1S/C26H47N3O2/c1-3-4-5-6-7-8-9-10-11-12-13-14-15-16-17-18-19-20-25-28-21-22-29(25,24(2)27)23-26(30)31/h8-9,21-22,24H,3-7,10-20,23,27H2,1-2H3/b9-8+.